The number of nitrogens with one attached hydrogen (secondary N) is 1. The van der Waals surface area contributed by atoms with Gasteiger partial charge in [-0.25, -0.2) is 0 Å². The van der Waals surface area contributed by atoms with Gasteiger partial charge in [0, 0.05) is 25.5 Å². The van der Waals surface area contributed by atoms with Crippen molar-refractivity contribution in [1.29, 1.82) is 0 Å². The lowest BCUT2D eigenvalue weighted by Gasteiger charge is -2.15. The molecule has 2 aromatic carbocycles. The molecule has 98 valence electrons. The summed E-state index contributed by atoms with van der Waals surface area (Å²) in [5.74, 6) is -1.26. The number of carbonyl (C=O) groups excluding carboxylic acids is 1. The molecule has 2 aromatic rings. The van der Waals surface area contributed by atoms with Gasteiger partial charge >= 0.3 is 0 Å². The van der Waals surface area contributed by atoms with Crippen LogP contribution in [0.3, 0.4) is 0 Å². The fourth-order valence-corrected chi connectivity index (χ4v) is 2.53. The second-order valence-corrected chi connectivity index (χ2v) is 5.74. The predicted octanol–water partition coefficient (Wildman–Crippen LogP) is 3.36. The minimum atomic E-state index is -1.26. The van der Waals surface area contributed by atoms with E-state index in [-0.39, 0.29) is 5.56 Å². The van der Waals surface area contributed by atoms with E-state index in [4.69, 9.17) is 11.6 Å². The molecule has 0 aliphatic carbocycles. The van der Waals surface area contributed by atoms with Crippen molar-refractivity contribution < 1.29 is 9.90 Å². The van der Waals surface area contributed by atoms with E-state index in [1.165, 1.54) is 6.07 Å². The molecule has 0 aliphatic rings. The summed E-state index contributed by atoms with van der Waals surface area (Å²) in [6.07, 6.45) is 0. The quantitative estimate of drug-likeness (QED) is 0.823. The average molecular weight is 387 g/mol. The maximum Gasteiger partial charge on any atom is 0.0736 e. The van der Waals surface area contributed by atoms with Gasteiger partial charge in [0.05, 0.1) is 5.97 Å². The molecule has 0 saturated carbocycles. The summed E-state index contributed by atoms with van der Waals surface area (Å²) < 4.78 is 1.12. The van der Waals surface area contributed by atoms with Crippen LogP contribution in [0.15, 0.2) is 36.4 Å². The highest BCUT2D eigenvalue weighted by Gasteiger charge is 2.06. The van der Waals surface area contributed by atoms with Gasteiger partial charge in [0.2, 0.25) is 0 Å². The average Bonchev–Trinajstić information content (AvgIpc) is 2.34. The van der Waals surface area contributed by atoms with Crippen LogP contribution in [0.25, 0.3) is 0 Å². The molecule has 0 heterocycles. The molecule has 0 saturated heterocycles. The number of hydrogen-bond acceptors (Lipinski definition) is 3. The Morgan fingerprint density at radius 1 is 1.21 bits per heavy atom. The van der Waals surface area contributed by atoms with Crippen LogP contribution in [0, 0.1) is 10.5 Å². The largest absolute Gasteiger partial charge is 0.545 e. The smallest absolute Gasteiger partial charge is 0.0736 e. The number of carbonyl (C=O) groups is 1. The first kappa shape index (κ1) is 14.1. The first-order valence-electron chi connectivity index (χ1n) is 5.51. The summed E-state index contributed by atoms with van der Waals surface area (Å²) in [6.45, 7) is 1.96. The Bertz CT molecular complexity index is 643. The van der Waals surface area contributed by atoms with E-state index in [2.05, 4.69) is 27.9 Å². The molecular weight excluding hydrogens is 377 g/mol. The molecule has 0 spiro atoms. The van der Waals surface area contributed by atoms with Crippen LogP contribution in [-0.2, 0) is 0 Å². The van der Waals surface area contributed by atoms with E-state index in [0.29, 0.717) is 10.7 Å². The fourth-order valence-electron chi connectivity index (χ4n) is 1.71. The third-order valence-corrected chi connectivity index (χ3v) is 3.57. The second kappa shape index (κ2) is 5.79. The summed E-state index contributed by atoms with van der Waals surface area (Å²) in [7, 11) is 0. The molecule has 0 aliphatic heterocycles. The molecular formula is C14H10ClINO2-. The van der Waals surface area contributed by atoms with Gasteiger partial charge in [0.15, 0.2) is 0 Å². The maximum atomic E-state index is 11.1. The summed E-state index contributed by atoms with van der Waals surface area (Å²) >= 11 is 8.02. The van der Waals surface area contributed by atoms with Gasteiger partial charge < -0.3 is 15.2 Å². The standard InChI is InChI=1S/C14H11ClINO2/c1-8-6-10(16)3-5-12(8)17-13-4-2-9(15)7-11(13)14(18)19/h2-7,17H,1H3,(H,18,19)/p-1. The van der Waals surface area contributed by atoms with Crippen LogP contribution in [-0.4, -0.2) is 5.97 Å². The Morgan fingerprint density at radius 2 is 1.89 bits per heavy atom. The molecule has 0 bridgehead atoms. The lowest BCUT2D eigenvalue weighted by Crippen LogP contribution is -2.23. The van der Waals surface area contributed by atoms with Gasteiger partial charge in [-0.2, -0.15) is 0 Å². The van der Waals surface area contributed by atoms with Crippen LogP contribution < -0.4 is 10.4 Å². The van der Waals surface area contributed by atoms with E-state index in [1.807, 2.05) is 25.1 Å². The zero-order valence-electron chi connectivity index (χ0n) is 10.0. The highest BCUT2D eigenvalue weighted by Crippen LogP contribution is 2.26. The van der Waals surface area contributed by atoms with Crippen LogP contribution in [0.5, 0.6) is 0 Å². The van der Waals surface area contributed by atoms with Crippen molar-refractivity contribution in [3.8, 4) is 0 Å². The van der Waals surface area contributed by atoms with Crippen LogP contribution >= 0.6 is 34.2 Å². The monoisotopic (exact) mass is 386 g/mol. The first-order valence-corrected chi connectivity index (χ1v) is 6.97. The van der Waals surface area contributed by atoms with Crippen molar-refractivity contribution in [2.45, 2.75) is 6.92 Å². The van der Waals surface area contributed by atoms with Gasteiger partial charge in [-0.15, -0.1) is 0 Å². The number of benzene rings is 2. The number of aryl methyl sites for hydroxylation is 1. The van der Waals surface area contributed by atoms with E-state index < -0.39 is 5.97 Å². The Balaban J connectivity index is 2.40. The minimum Gasteiger partial charge on any atom is -0.545 e. The lowest BCUT2D eigenvalue weighted by atomic mass is 10.1. The molecule has 0 unspecified atom stereocenters. The second-order valence-electron chi connectivity index (χ2n) is 4.06. The van der Waals surface area contributed by atoms with Gasteiger partial charge in [0.1, 0.15) is 0 Å². The number of anilines is 2. The molecule has 19 heavy (non-hydrogen) atoms. The summed E-state index contributed by atoms with van der Waals surface area (Å²) in [5.41, 5.74) is 2.40. The molecule has 0 atom stereocenters. The van der Waals surface area contributed by atoms with Crippen molar-refractivity contribution in [1.82, 2.24) is 0 Å². The molecule has 1 N–H and O–H groups in total. The van der Waals surface area contributed by atoms with Gasteiger partial charge in [-0.05, 0) is 71.5 Å². The Labute approximate surface area is 129 Å². The van der Waals surface area contributed by atoms with E-state index in [9.17, 15) is 9.90 Å². The number of carboxylic acid groups (broad SMARTS) is 1. The molecule has 2 rings (SSSR count). The summed E-state index contributed by atoms with van der Waals surface area (Å²) in [5, 5.41) is 14.6. The molecule has 0 amide bonds. The third-order valence-electron chi connectivity index (χ3n) is 2.66. The van der Waals surface area contributed by atoms with Crippen molar-refractivity contribution in [3.05, 3.63) is 56.1 Å². The van der Waals surface area contributed by atoms with Crippen molar-refractivity contribution >= 4 is 51.5 Å². The highest BCUT2D eigenvalue weighted by atomic mass is 127. The Kier molecular flexibility index (Phi) is 4.31. The maximum absolute atomic E-state index is 11.1. The number of aromatic carboxylic acids is 1. The van der Waals surface area contributed by atoms with Gasteiger partial charge in [-0.1, -0.05) is 11.6 Å². The zero-order valence-corrected chi connectivity index (χ0v) is 12.9. The van der Waals surface area contributed by atoms with Crippen molar-refractivity contribution in [3.63, 3.8) is 0 Å². The normalized spacial score (nSPS) is 10.3. The van der Waals surface area contributed by atoms with Gasteiger partial charge in [-0.3, -0.25) is 0 Å². The highest BCUT2D eigenvalue weighted by molar-refractivity contribution is 14.1. The minimum absolute atomic E-state index is 0.0467. The Hall–Kier alpha value is -1.27. The summed E-state index contributed by atoms with van der Waals surface area (Å²) in [6, 6.07) is 10.5. The first-order chi connectivity index (χ1) is 8.97. The van der Waals surface area contributed by atoms with Crippen LogP contribution in [0.4, 0.5) is 11.4 Å². The third kappa shape index (κ3) is 3.39. The number of hydrogen-bond donors (Lipinski definition) is 1. The lowest BCUT2D eigenvalue weighted by molar-refractivity contribution is -0.254. The summed E-state index contributed by atoms with van der Waals surface area (Å²) in [4.78, 5) is 11.1. The molecule has 0 fully saturated rings. The van der Waals surface area contributed by atoms with Gasteiger partial charge in [0.25, 0.3) is 0 Å². The SMILES string of the molecule is Cc1cc(I)ccc1Nc1ccc(Cl)cc1C(=O)[O-]. The molecule has 0 aromatic heterocycles. The zero-order chi connectivity index (χ0) is 14.0. The number of rotatable bonds is 3. The molecule has 3 nitrogen and oxygen atoms in total. The van der Waals surface area contributed by atoms with Crippen LogP contribution in [0.1, 0.15) is 15.9 Å². The van der Waals surface area contributed by atoms with Crippen molar-refractivity contribution in [2.24, 2.45) is 0 Å². The van der Waals surface area contributed by atoms with Crippen molar-refractivity contribution in [2.75, 3.05) is 5.32 Å². The van der Waals surface area contributed by atoms with E-state index >= 15 is 0 Å². The number of halogens is 2. The van der Waals surface area contributed by atoms with Crippen LogP contribution in [0.2, 0.25) is 5.02 Å². The van der Waals surface area contributed by atoms with E-state index in [1.54, 1.807) is 12.1 Å². The fraction of sp³-hybridized carbons (Fsp3) is 0.0714. The predicted molar refractivity (Wildman–Crippen MR) is 83.0 cm³/mol. The topological polar surface area (TPSA) is 52.2 Å². The molecule has 0 radical (unpaired) electrons. The number of carboxylic acids is 1. The molecule has 5 heteroatoms. The van der Waals surface area contributed by atoms with E-state index in [0.717, 1.165) is 14.8 Å². The Morgan fingerprint density at radius 3 is 2.53 bits per heavy atom.